The first-order chi connectivity index (χ1) is 18.5. The number of nitrogens with one attached hydrogen (secondary N) is 1. The van der Waals surface area contributed by atoms with Gasteiger partial charge in [0.05, 0.1) is 22.8 Å². The smallest absolute Gasteiger partial charge is 0.362 e. The highest BCUT2D eigenvalue weighted by Gasteiger charge is 2.35. The van der Waals surface area contributed by atoms with E-state index in [0.717, 1.165) is 35.4 Å². The van der Waals surface area contributed by atoms with E-state index in [0.29, 0.717) is 29.3 Å². The number of pyridine rings is 1. The molecule has 0 radical (unpaired) electrons. The number of carbonyl (C=O) groups is 2. The van der Waals surface area contributed by atoms with Crippen molar-refractivity contribution in [3.05, 3.63) is 79.2 Å². The number of fused-ring (bicyclic) bond motifs is 1. The number of hydrogen-bond acceptors (Lipinski definition) is 5. The number of anilines is 1. The number of alkyl halides is 3. The summed E-state index contributed by atoms with van der Waals surface area (Å²) in [5.74, 6) is -0.198. The Morgan fingerprint density at radius 3 is 2.36 bits per heavy atom. The standard InChI is InChI=1S/C26H20Cl3F2N3O4S/c1-38-18-9-14-12-33(11-13(14)8-17(18)34-7-3-6-21(34)35)25(37)22-19(10-20(26(29,30)31)32-24(22)36)39-23-15(27)4-2-5-16(23)28/h2,4-5,8-10H,3,6-7,11-12H2,1H3,(H,32,36). The fraction of sp³-hybridized carbons (Fsp3) is 0.269. The Bertz CT molecular complexity index is 1540. The molecule has 1 fully saturated rings. The predicted molar refractivity (Wildman–Crippen MR) is 146 cm³/mol. The van der Waals surface area contributed by atoms with Crippen LogP contribution in [0.4, 0.5) is 14.5 Å². The number of ether oxygens (including phenoxy) is 1. The van der Waals surface area contributed by atoms with Crippen molar-refractivity contribution >= 4 is 64.1 Å². The molecule has 3 aromatic rings. The van der Waals surface area contributed by atoms with E-state index in [-0.39, 0.29) is 39.5 Å². The molecule has 7 nitrogen and oxygen atoms in total. The zero-order chi connectivity index (χ0) is 28.1. The zero-order valence-electron chi connectivity index (χ0n) is 20.3. The minimum absolute atomic E-state index is 0.0122. The lowest BCUT2D eigenvalue weighted by Gasteiger charge is -2.20. The molecule has 5 rings (SSSR count). The number of methoxy groups -OCH3 is 1. The summed E-state index contributed by atoms with van der Waals surface area (Å²) >= 11 is 18.6. The maximum absolute atomic E-state index is 14.0. The number of rotatable bonds is 6. The highest BCUT2D eigenvalue weighted by Crippen LogP contribution is 2.42. The van der Waals surface area contributed by atoms with Crippen molar-refractivity contribution in [1.29, 1.82) is 0 Å². The van der Waals surface area contributed by atoms with Gasteiger partial charge in [-0.3, -0.25) is 14.4 Å². The Labute approximate surface area is 241 Å². The molecule has 2 aliphatic heterocycles. The van der Waals surface area contributed by atoms with Gasteiger partial charge in [-0.05, 0) is 59.5 Å². The van der Waals surface area contributed by atoms with Crippen LogP contribution in [0.25, 0.3) is 0 Å². The topological polar surface area (TPSA) is 82.7 Å². The maximum Gasteiger partial charge on any atom is 0.362 e. The van der Waals surface area contributed by atoms with E-state index in [1.54, 1.807) is 29.2 Å². The van der Waals surface area contributed by atoms with Gasteiger partial charge in [0.1, 0.15) is 17.0 Å². The van der Waals surface area contributed by atoms with Crippen LogP contribution in [-0.4, -0.2) is 35.4 Å². The van der Waals surface area contributed by atoms with Crippen LogP contribution in [0.2, 0.25) is 10.0 Å². The molecule has 2 amide bonds. The van der Waals surface area contributed by atoms with Crippen molar-refractivity contribution in [3.8, 4) is 5.75 Å². The van der Waals surface area contributed by atoms with Gasteiger partial charge in [0.25, 0.3) is 11.5 Å². The third kappa shape index (κ3) is 5.35. The van der Waals surface area contributed by atoms with E-state index in [9.17, 15) is 23.2 Å². The van der Waals surface area contributed by atoms with Gasteiger partial charge in [0, 0.05) is 35.8 Å². The van der Waals surface area contributed by atoms with E-state index in [1.165, 1.54) is 12.0 Å². The average Bonchev–Trinajstić information content (AvgIpc) is 3.49. The molecule has 0 aliphatic carbocycles. The fourth-order valence-electron chi connectivity index (χ4n) is 4.66. The molecule has 1 saturated heterocycles. The van der Waals surface area contributed by atoms with E-state index < -0.39 is 22.5 Å². The van der Waals surface area contributed by atoms with Crippen LogP contribution < -0.4 is 15.2 Å². The minimum atomic E-state index is -3.88. The van der Waals surface area contributed by atoms with Gasteiger partial charge in [0.15, 0.2) is 0 Å². The van der Waals surface area contributed by atoms with Gasteiger partial charge in [-0.2, -0.15) is 8.78 Å². The number of nitrogens with zero attached hydrogens (tertiary/aromatic N) is 2. The second-order valence-corrected chi connectivity index (χ2v) is 11.3. The van der Waals surface area contributed by atoms with Crippen LogP contribution >= 0.6 is 46.6 Å². The second-order valence-electron chi connectivity index (χ2n) is 9.00. The summed E-state index contributed by atoms with van der Waals surface area (Å²) < 4.78 is 33.5. The minimum Gasteiger partial charge on any atom is -0.495 e. The largest absolute Gasteiger partial charge is 0.495 e. The number of H-pyrrole nitrogens is 1. The number of benzene rings is 2. The quantitative estimate of drug-likeness (QED) is 0.325. The van der Waals surface area contributed by atoms with Gasteiger partial charge >= 0.3 is 5.38 Å². The lowest BCUT2D eigenvalue weighted by atomic mass is 10.1. The molecule has 0 unspecified atom stereocenters. The normalized spacial score (nSPS) is 15.2. The Kier molecular flexibility index (Phi) is 7.58. The van der Waals surface area contributed by atoms with Crippen LogP contribution in [0.1, 0.15) is 40.0 Å². The second kappa shape index (κ2) is 10.6. The number of amides is 2. The molecule has 3 heterocycles. The molecule has 0 bridgehead atoms. The van der Waals surface area contributed by atoms with Crippen molar-refractivity contribution < 1.29 is 23.1 Å². The molecule has 39 heavy (non-hydrogen) atoms. The molecule has 0 saturated carbocycles. The third-order valence-corrected chi connectivity index (χ3v) is 8.77. The van der Waals surface area contributed by atoms with Gasteiger partial charge in [-0.15, -0.1) is 0 Å². The van der Waals surface area contributed by atoms with Crippen molar-refractivity contribution in [3.63, 3.8) is 0 Å². The van der Waals surface area contributed by atoms with E-state index >= 15 is 0 Å². The first kappa shape index (κ1) is 27.8. The summed E-state index contributed by atoms with van der Waals surface area (Å²) in [5, 5.41) is -3.45. The van der Waals surface area contributed by atoms with Gasteiger partial charge < -0.3 is 19.5 Å². The molecule has 204 valence electrons. The molecule has 2 aromatic carbocycles. The summed E-state index contributed by atoms with van der Waals surface area (Å²) in [6, 6.07) is 9.24. The molecule has 1 aromatic heterocycles. The van der Waals surface area contributed by atoms with Gasteiger partial charge in [-0.25, -0.2) is 0 Å². The van der Waals surface area contributed by atoms with E-state index in [1.807, 2.05) is 11.1 Å². The summed E-state index contributed by atoms with van der Waals surface area (Å²) in [5.41, 5.74) is -0.0763. The number of aromatic amines is 1. The Hall–Kier alpha value is -2.79. The first-order valence-electron chi connectivity index (χ1n) is 11.7. The monoisotopic (exact) mass is 613 g/mol. The highest BCUT2D eigenvalue weighted by molar-refractivity contribution is 7.99. The van der Waals surface area contributed by atoms with Crippen LogP contribution in [0.3, 0.4) is 0 Å². The van der Waals surface area contributed by atoms with Crippen molar-refractivity contribution in [2.24, 2.45) is 0 Å². The molecule has 0 atom stereocenters. The summed E-state index contributed by atoms with van der Waals surface area (Å²) in [4.78, 5) is 44.5. The zero-order valence-corrected chi connectivity index (χ0v) is 23.4. The summed E-state index contributed by atoms with van der Waals surface area (Å²) in [7, 11) is 1.50. The molecule has 13 heteroatoms. The molecule has 0 spiro atoms. The first-order valence-corrected chi connectivity index (χ1v) is 13.7. The van der Waals surface area contributed by atoms with Gasteiger partial charge in [0.2, 0.25) is 5.91 Å². The number of aromatic nitrogens is 1. The fourth-order valence-corrected chi connectivity index (χ4v) is 6.40. The van der Waals surface area contributed by atoms with Crippen molar-refractivity contribution in [1.82, 2.24) is 9.88 Å². The average molecular weight is 615 g/mol. The SMILES string of the molecule is COc1cc2c(cc1N1CCCC1=O)CN(C(=O)c1c(Sc3c(Cl)cccc3Cl)cc(C(F)(F)Cl)[nH]c1=O)C2. The molecule has 1 N–H and O–H groups in total. The Morgan fingerprint density at radius 1 is 1.10 bits per heavy atom. The van der Waals surface area contributed by atoms with Crippen molar-refractivity contribution in [2.45, 2.75) is 41.1 Å². The van der Waals surface area contributed by atoms with Crippen LogP contribution in [-0.2, 0) is 23.3 Å². The Morgan fingerprint density at radius 2 is 1.77 bits per heavy atom. The lowest BCUT2D eigenvalue weighted by molar-refractivity contribution is -0.117. The highest BCUT2D eigenvalue weighted by atomic mass is 35.5. The van der Waals surface area contributed by atoms with Crippen LogP contribution in [0, 0.1) is 0 Å². The van der Waals surface area contributed by atoms with E-state index in [4.69, 9.17) is 39.5 Å². The molecule has 2 aliphatic rings. The Balaban J connectivity index is 1.53. The maximum atomic E-state index is 14.0. The van der Waals surface area contributed by atoms with E-state index in [2.05, 4.69) is 0 Å². The molecular formula is C26H20Cl3F2N3O4S. The summed E-state index contributed by atoms with van der Waals surface area (Å²) in [6.45, 7) is 0.842. The predicted octanol–water partition coefficient (Wildman–Crippen LogP) is 6.41. The summed E-state index contributed by atoms with van der Waals surface area (Å²) in [6.07, 6.45) is 1.18. The van der Waals surface area contributed by atoms with Crippen LogP contribution in [0.15, 0.2) is 51.0 Å². The number of halogens is 5. The van der Waals surface area contributed by atoms with Crippen LogP contribution in [0.5, 0.6) is 5.75 Å². The lowest BCUT2D eigenvalue weighted by Crippen LogP contribution is -2.32. The van der Waals surface area contributed by atoms with Gasteiger partial charge in [-0.1, -0.05) is 41.0 Å². The third-order valence-electron chi connectivity index (χ3n) is 6.52. The number of carbonyl (C=O) groups excluding carboxylic acids is 2. The number of hydrogen-bond donors (Lipinski definition) is 1. The molecular weight excluding hydrogens is 595 g/mol. The van der Waals surface area contributed by atoms with Crippen molar-refractivity contribution in [2.75, 3.05) is 18.6 Å².